The minimum Gasteiger partial charge on any atom is -0.368 e. The fraction of sp³-hybridized carbons (Fsp3) is 0.545. The summed E-state index contributed by atoms with van der Waals surface area (Å²) < 4.78 is 11.0. The predicted octanol–water partition coefficient (Wildman–Crippen LogP) is 0.397. The Hall–Kier alpha value is -1.97. The van der Waals surface area contributed by atoms with Crippen molar-refractivity contribution in [1.82, 2.24) is 19.9 Å². The van der Waals surface area contributed by atoms with Crippen molar-refractivity contribution in [2.75, 3.05) is 18.9 Å². The molecule has 1 saturated heterocycles. The Bertz CT molecular complexity index is 614. The first-order valence-electron chi connectivity index (χ1n) is 6.11. The molecule has 0 saturated carbocycles. The highest BCUT2D eigenvalue weighted by Gasteiger charge is 2.33. The summed E-state index contributed by atoms with van der Waals surface area (Å²) in [7, 11) is 0. The largest absolute Gasteiger partial charge is 0.368 e. The van der Waals surface area contributed by atoms with Crippen LogP contribution in [0.5, 0.6) is 5.88 Å². The minimum atomic E-state index is -0.593. The molecule has 3 N–H and O–H groups in total. The first-order valence-corrected chi connectivity index (χ1v) is 6.11. The van der Waals surface area contributed by atoms with E-state index in [0.717, 1.165) is 0 Å². The van der Waals surface area contributed by atoms with E-state index in [1.807, 2.05) is 13.8 Å². The van der Waals surface area contributed by atoms with Crippen LogP contribution in [0.3, 0.4) is 0 Å². The number of anilines is 1. The Balaban J connectivity index is 1.62. The third-order valence-electron chi connectivity index (χ3n) is 2.73. The zero-order chi connectivity index (χ0) is 14.2. The van der Waals surface area contributed by atoms with E-state index in [0.29, 0.717) is 17.8 Å². The van der Waals surface area contributed by atoms with Gasteiger partial charge >= 0.3 is 0 Å². The lowest BCUT2D eigenvalue weighted by atomic mass is 10.4. The fourth-order valence-corrected chi connectivity index (χ4v) is 1.89. The zero-order valence-corrected chi connectivity index (χ0v) is 11.1. The summed E-state index contributed by atoms with van der Waals surface area (Å²) in [5.41, 5.74) is 6.49. The normalized spacial score (nSPS) is 21.4. The summed E-state index contributed by atoms with van der Waals surface area (Å²) in [5.74, 6) is -0.350. The van der Waals surface area contributed by atoms with Crippen molar-refractivity contribution >= 4 is 17.1 Å². The summed E-state index contributed by atoms with van der Waals surface area (Å²) in [6.07, 6.45) is 1.28. The first kappa shape index (κ1) is 13.0. The van der Waals surface area contributed by atoms with Crippen molar-refractivity contribution < 1.29 is 19.2 Å². The lowest BCUT2D eigenvalue weighted by molar-refractivity contribution is -0.233. The Morgan fingerprint density at radius 3 is 3.10 bits per heavy atom. The molecule has 1 unspecified atom stereocenters. The van der Waals surface area contributed by atoms with E-state index >= 15 is 0 Å². The number of nitrogens with two attached hydrogens (primary N) is 1. The second-order valence-electron chi connectivity index (χ2n) is 4.81. The van der Waals surface area contributed by atoms with E-state index in [1.165, 1.54) is 6.33 Å². The molecule has 9 heteroatoms. The van der Waals surface area contributed by atoms with Crippen molar-refractivity contribution in [3.05, 3.63) is 6.33 Å². The third kappa shape index (κ3) is 2.64. The highest BCUT2D eigenvalue weighted by Crippen LogP contribution is 2.23. The van der Waals surface area contributed by atoms with Crippen LogP contribution in [0.1, 0.15) is 13.8 Å². The molecule has 1 aliphatic rings. The number of H-pyrrole nitrogens is 1. The highest BCUT2D eigenvalue weighted by molar-refractivity contribution is 5.76. The van der Waals surface area contributed by atoms with Crippen LogP contribution in [0, 0.1) is 0 Å². The van der Waals surface area contributed by atoms with Gasteiger partial charge in [0.1, 0.15) is 12.7 Å². The topological polar surface area (TPSA) is 117 Å². The molecule has 0 spiro atoms. The molecule has 0 bridgehead atoms. The van der Waals surface area contributed by atoms with E-state index in [-0.39, 0.29) is 24.5 Å². The lowest BCUT2D eigenvalue weighted by Gasteiger charge is -2.16. The van der Waals surface area contributed by atoms with Gasteiger partial charge in [-0.2, -0.15) is 14.9 Å². The molecule has 20 heavy (non-hydrogen) atoms. The van der Waals surface area contributed by atoms with Gasteiger partial charge in [0.25, 0.3) is 5.88 Å². The molecule has 3 rings (SSSR count). The molecule has 0 radical (unpaired) electrons. The maximum atomic E-state index is 5.58. The second kappa shape index (κ2) is 4.85. The van der Waals surface area contributed by atoms with Crippen LogP contribution in [-0.2, 0) is 14.4 Å². The molecule has 9 nitrogen and oxygen atoms in total. The fourth-order valence-electron chi connectivity index (χ4n) is 1.89. The van der Waals surface area contributed by atoms with Gasteiger partial charge < -0.3 is 25.1 Å². The van der Waals surface area contributed by atoms with Gasteiger partial charge in [0, 0.05) is 0 Å². The lowest BCUT2D eigenvalue weighted by Crippen LogP contribution is -2.24. The average Bonchev–Trinajstić information content (AvgIpc) is 2.95. The maximum Gasteiger partial charge on any atom is 0.287 e. The van der Waals surface area contributed by atoms with Crippen LogP contribution in [-0.4, -0.2) is 45.0 Å². The predicted molar refractivity (Wildman–Crippen MR) is 67.6 cm³/mol. The molecule has 3 heterocycles. The van der Waals surface area contributed by atoms with E-state index in [2.05, 4.69) is 19.9 Å². The van der Waals surface area contributed by atoms with Crippen LogP contribution >= 0.6 is 0 Å². The first-order chi connectivity index (χ1) is 9.53. The molecule has 0 aromatic carbocycles. The van der Waals surface area contributed by atoms with Crippen LogP contribution in [0.4, 0.5) is 5.95 Å². The van der Waals surface area contributed by atoms with Gasteiger partial charge in [0.15, 0.2) is 17.0 Å². The Labute approximate surface area is 114 Å². The van der Waals surface area contributed by atoms with E-state index < -0.39 is 5.79 Å². The van der Waals surface area contributed by atoms with Crippen molar-refractivity contribution in [3.63, 3.8) is 0 Å². The van der Waals surface area contributed by atoms with Gasteiger partial charge in [0.05, 0.1) is 12.9 Å². The molecule has 0 aliphatic carbocycles. The quantitative estimate of drug-likeness (QED) is 0.610. The Morgan fingerprint density at radius 1 is 1.50 bits per heavy atom. The molecular formula is C11H15N5O4. The van der Waals surface area contributed by atoms with Gasteiger partial charge in [0.2, 0.25) is 5.95 Å². The third-order valence-corrected chi connectivity index (χ3v) is 2.73. The molecule has 2 aromatic rings. The monoisotopic (exact) mass is 281 g/mol. The SMILES string of the molecule is CC1(C)OCC(COOc2nc(N)nc3nc[nH]c23)O1. The summed E-state index contributed by atoms with van der Waals surface area (Å²) in [5, 5.41) is 0. The number of aromatic nitrogens is 4. The maximum absolute atomic E-state index is 5.58. The minimum absolute atomic E-state index is 0.0600. The average molecular weight is 281 g/mol. The van der Waals surface area contributed by atoms with E-state index in [1.54, 1.807) is 0 Å². The smallest absolute Gasteiger partial charge is 0.287 e. The van der Waals surface area contributed by atoms with Gasteiger partial charge in [-0.3, -0.25) is 0 Å². The summed E-state index contributed by atoms with van der Waals surface area (Å²) in [4.78, 5) is 25.0. The van der Waals surface area contributed by atoms with Crippen LogP contribution in [0.15, 0.2) is 6.33 Å². The number of hydrogen-bond donors (Lipinski definition) is 2. The summed E-state index contributed by atoms with van der Waals surface area (Å²) in [6.45, 7) is 4.34. The molecule has 1 atom stereocenters. The number of aromatic amines is 1. The number of hydrogen-bond acceptors (Lipinski definition) is 8. The Morgan fingerprint density at radius 2 is 2.35 bits per heavy atom. The molecule has 0 amide bonds. The van der Waals surface area contributed by atoms with Crippen molar-refractivity contribution in [1.29, 1.82) is 0 Å². The number of nitrogen functional groups attached to an aromatic ring is 1. The van der Waals surface area contributed by atoms with Gasteiger partial charge in [-0.25, -0.2) is 4.98 Å². The number of nitrogens with one attached hydrogen (secondary N) is 1. The number of rotatable bonds is 4. The summed E-state index contributed by atoms with van der Waals surface area (Å²) >= 11 is 0. The molecule has 1 aliphatic heterocycles. The van der Waals surface area contributed by atoms with Crippen molar-refractivity contribution in [2.24, 2.45) is 0 Å². The number of fused-ring (bicyclic) bond motifs is 1. The standard InChI is InChI=1S/C11H15N5O4/c1-11(2)17-3-6(19-11)4-18-20-9-7-8(14-5-13-7)15-10(12)16-9/h5-6H,3-4H2,1-2H3,(H3,12,13,14,15,16). The molecule has 2 aromatic heterocycles. The van der Waals surface area contributed by atoms with E-state index in [9.17, 15) is 0 Å². The number of imidazole rings is 1. The molecule has 1 fully saturated rings. The number of nitrogens with zero attached hydrogens (tertiary/aromatic N) is 3. The van der Waals surface area contributed by atoms with Crippen LogP contribution < -0.4 is 10.6 Å². The van der Waals surface area contributed by atoms with Crippen LogP contribution in [0.2, 0.25) is 0 Å². The highest BCUT2D eigenvalue weighted by atomic mass is 17.2. The zero-order valence-electron chi connectivity index (χ0n) is 11.1. The summed E-state index contributed by atoms with van der Waals surface area (Å²) in [6, 6.07) is 0. The number of ether oxygens (including phenoxy) is 2. The van der Waals surface area contributed by atoms with Gasteiger partial charge in [-0.15, -0.1) is 0 Å². The van der Waals surface area contributed by atoms with Gasteiger partial charge in [-0.05, 0) is 13.8 Å². The van der Waals surface area contributed by atoms with E-state index in [4.69, 9.17) is 25.0 Å². The second-order valence-corrected chi connectivity index (χ2v) is 4.81. The van der Waals surface area contributed by atoms with Crippen molar-refractivity contribution in [3.8, 4) is 5.88 Å². The van der Waals surface area contributed by atoms with Crippen molar-refractivity contribution in [2.45, 2.75) is 25.7 Å². The molecule has 108 valence electrons. The van der Waals surface area contributed by atoms with Gasteiger partial charge in [-0.1, -0.05) is 0 Å². The van der Waals surface area contributed by atoms with Crippen LogP contribution in [0.25, 0.3) is 11.2 Å². The molecular weight excluding hydrogens is 266 g/mol. The Kier molecular flexibility index (Phi) is 3.16.